The first-order chi connectivity index (χ1) is 13.5. The van der Waals surface area contributed by atoms with Gasteiger partial charge in [-0.15, -0.1) is 0 Å². The smallest absolute Gasteiger partial charge is 0.343 e. The first-order valence-corrected chi connectivity index (χ1v) is 9.54. The first kappa shape index (κ1) is 18.3. The monoisotopic (exact) mass is 380 g/mol. The van der Waals surface area contributed by atoms with Gasteiger partial charge in [0, 0.05) is 35.1 Å². The molecule has 4 rings (SSSR count). The van der Waals surface area contributed by atoms with Crippen LogP contribution in [0.15, 0.2) is 41.5 Å². The van der Waals surface area contributed by atoms with E-state index in [1.165, 1.54) is 6.07 Å². The van der Waals surface area contributed by atoms with Gasteiger partial charge < -0.3 is 9.30 Å². The Morgan fingerprint density at radius 3 is 2.75 bits per heavy atom. The van der Waals surface area contributed by atoms with Crippen LogP contribution in [0.4, 0.5) is 4.39 Å². The number of pyridine rings is 2. The van der Waals surface area contributed by atoms with Crippen molar-refractivity contribution in [1.29, 1.82) is 0 Å². The number of halogens is 1. The van der Waals surface area contributed by atoms with Crippen LogP contribution in [0.2, 0.25) is 0 Å². The maximum atomic E-state index is 15.0. The van der Waals surface area contributed by atoms with Crippen molar-refractivity contribution < 1.29 is 13.9 Å². The highest BCUT2D eigenvalue weighted by Crippen LogP contribution is 2.38. The van der Waals surface area contributed by atoms with Crippen LogP contribution in [0, 0.1) is 5.82 Å². The van der Waals surface area contributed by atoms with Crippen molar-refractivity contribution in [2.24, 2.45) is 0 Å². The van der Waals surface area contributed by atoms with Crippen LogP contribution in [0.5, 0.6) is 0 Å². The Morgan fingerprint density at radius 1 is 1.29 bits per heavy atom. The number of ether oxygens (including phenoxy) is 1. The molecule has 2 aromatic heterocycles. The molecule has 5 nitrogen and oxygen atoms in total. The molecule has 1 aromatic carbocycles. The summed E-state index contributed by atoms with van der Waals surface area (Å²) in [6.07, 6.45) is 5.89. The van der Waals surface area contributed by atoms with Crippen molar-refractivity contribution >= 4 is 16.9 Å². The topological polar surface area (TPSA) is 61.2 Å². The summed E-state index contributed by atoms with van der Waals surface area (Å²) in [6, 6.07) is 6.76. The summed E-state index contributed by atoms with van der Waals surface area (Å²) in [7, 11) is 0. The Hall–Kier alpha value is -3.02. The zero-order chi connectivity index (χ0) is 19.8. The minimum atomic E-state index is -0.671. The Morgan fingerprint density at radius 2 is 2.07 bits per heavy atom. The van der Waals surface area contributed by atoms with Crippen molar-refractivity contribution in [3.05, 3.63) is 64.0 Å². The summed E-state index contributed by atoms with van der Waals surface area (Å²) in [5, 5.41) is 0.198. The lowest BCUT2D eigenvalue weighted by Gasteiger charge is -2.14. The van der Waals surface area contributed by atoms with E-state index in [9.17, 15) is 14.0 Å². The minimum absolute atomic E-state index is 0.0504. The van der Waals surface area contributed by atoms with Crippen molar-refractivity contribution in [3.63, 3.8) is 0 Å². The second-order valence-corrected chi connectivity index (χ2v) is 6.97. The van der Waals surface area contributed by atoms with Crippen molar-refractivity contribution in [2.45, 2.75) is 39.2 Å². The molecule has 1 saturated carbocycles. The molecule has 1 aliphatic rings. The quantitative estimate of drug-likeness (QED) is 0.620. The highest BCUT2D eigenvalue weighted by molar-refractivity contribution is 5.95. The molecule has 28 heavy (non-hydrogen) atoms. The van der Waals surface area contributed by atoms with Gasteiger partial charge in [0.25, 0.3) is 0 Å². The molecule has 3 aromatic rings. The van der Waals surface area contributed by atoms with E-state index in [1.807, 2.05) is 17.6 Å². The Labute approximate surface area is 161 Å². The molecule has 0 aliphatic heterocycles. The number of aryl methyl sites for hydroxylation is 1. The number of hydrogen-bond acceptors (Lipinski definition) is 4. The van der Waals surface area contributed by atoms with Crippen molar-refractivity contribution in [3.8, 4) is 11.1 Å². The van der Waals surface area contributed by atoms with E-state index in [1.54, 1.807) is 31.5 Å². The lowest BCUT2D eigenvalue weighted by molar-refractivity contribution is 0.0524. The van der Waals surface area contributed by atoms with Gasteiger partial charge in [0.2, 0.25) is 5.43 Å². The third-order valence-electron chi connectivity index (χ3n) is 5.05. The number of carbonyl (C=O) groups excluding carboxylic acids is 1. The number of rotatable bonds is 5. The van der Waals surface area contributed by atoms with Gasteiger partial charge in [0.05, 0.1) is 12.1 Å². The van der Waals surface area contributed by atoms with Crippen LogP contribution >= 0.6 is 0 Å². The number of benzene rings is 1. The standard InChI is InChI=1S/C22H21FN2O3/c1-3-14-9-13(7-8-24-14)16-11-20-17(10-19(16)23)21(26)18(22(27)28-4-2)12-25(20)15-5-6-15/h7-12,15H,3-6H2,1-2H3. The number of nitrogens with zero attached hydrogens (tertiary/aromatic N) is 2. The fourth-order valence-corrected chi connectivity index (χ4v) is 3.44. The van der Waals surface area contributed by atoms with E-state index in [0.717, 1.165) is 30.5 Å². The number of hydrogen-bond donors (Lipinski definition) is 0. The van der Waals surface area contributed by atoms with Gasteiger partial charge >= 0.3 is 5.97 Å². The third kappa shape index (κ3) is 3.19. The van der Waals surface area contributed by atoms with Gasteiger partial charge in [-0.1, -0.05) is 6.92 Å². The molecule has 2 heterocycles. The molecule has 0 N–H and O–H groups in total. The summed E-state index contributed by atoms with van der Waals surface area (Å²) in [5.74, 6) is -1.17. The zero-order valence-electron chi connectivity index (χ0n) is 15.9. The van der Waals surface area contributed by atoms with Gasteiger partial charge in [-0.3, -0.25) is 9.78 Å². The van der Waals surface area contributed by atoms with Gasteiger partial charge in [-0.2, -0.15) is 0 Å². The minimum Gasteiger partial charge on any atom is -0.462 e. The second-order valence-electron chi connectivity index (χ2n) is 6.97. The van der Waals surface area contributed by atoms with Crippen LogP contribution < -0.4 is 5.43 Å². The summed E-state index contributed by atoms with van der Waals surface area (Å²) < 4.78 is 21.9. The van der Waals surface area contributed by atoms with Crippen LogP contribution in [0.3, 0.4) is 0 Å². The summed E-state index contributed by atoms with van der Waals surface area (Å²) >= 11 is 0. The van der Waals surface area contributed by atoms with Crippen LogP contribution in [-0.4, -0.2) is 22.1 Å². The SMILES string of the molecule is CCOC(=O)c1cn(C2CC2)c2cc(-c3ccnc(CC)c3)c(F)cc2c1=O. The average molecular weight is 380 g/mol. The number of carbonyl (C=O) groups is 1. The normalized spacial score (nSPS) is 13.7. The van der Waals surface area contributed by atoms with Crippen LogP contribution in [-0.2, 0) is 11.2 Å². The van der Waals surface area contributed by atoms with Crippen molar-refractivity contribution in [1.82, 2.24) is 9.55 Å². The van der Waals surface area contributed by atoms with Gasteiger partial charge in [-0.25, -0.2) is 9.18 Å². The molecule has 0 spiro atoms. The molecular weight excluding hydrogens is 359 g/mol. The average Bonchev–Trinajstić information content (AvgIpc) is 3.53. The fraction of sp³-hybridized carbons (Fsp3) is 0.318. The molecular formula is C22H21FN2O3. The van der Waals surface area contributed by atoms with Gasteiger partial charge in [0.1, 0.15) is 11.4 Å². The Balaban J connectivity index is 1.96. The van der Waals surface area contributed by atoms with E-state index in [4.69, 9.17) is 4.74 Å². The Kier molecular flexibility index (Phi) is 4.71. The lowest BCUT2D eigenvalue weighted by atomic mass is 10.0. The summed E-state index contributed by atoms with van der Waals surface area (Å²) in [4.78, 5) is 29.3. The number of aromatic nitrogens is 2. The largest absolute Gasteiger partial charge is 0.462 e. The molecule has 0 amide bonds. The van der Waals surface area contributed by atoms with E-state index < -0.39 is 17.2 Å². The molecule has 0 radical (unpaired) electrons. The lowest BCUT2D eigenvalue weighted by Crippen LogP contribution is -2.21. The molecule has 0 atom stereocenters. The van der Waals surface area contributed by atoms with Gasteiger partial charge in [-0.05, 0) is 56.0 Å². The molecule has 0 unspecified atom stereocenters. The third-order valence-corrected chi connectivity index (χ3v) is 5.05. The van der Waals surface area contributed by atoms with E-state index in [2.05, 4.69) is 4.98 Å². The molecule has 144 valence electrons. The number of fused-ring (bicyclic) bond motifs is 1. The summed E-state index contributed by atoms with van der Waals surface area (Å²) in [6.45, 7) is 3.85. The maximum Gasteiger partial charge on any atom is 0.343 e. The number of esters is 1. The molecule has 1 aliphatic carbocycles. The molecule has 6 heteroatoms. The second kappa shape index (κ2) is 7.19. The van der Waals surface area contributed by atoms with E-state index in [0.29, 0.717) is 11.1 Å². The van der Waals surface area contributed by atoms with Crippen LogP contribution in [0.25, 0.3) is 22.0 Å². The molecule has 1 fully saturated rings. The molecule has 0 saturated heterocycles. The summed E-state index contributed by atoms with van der Waals surface area (Å²) in [5.41, 5.74) is 2.09. The Bertz CT molecular complexity index is 1130. The maximum absolute atomic E-state index is 15.0. The zero-order valence-corrected chi connectivity index (χ0v) is 15.9. The van der Waals surface area contributed by atoms with Crippen molar-refractivity contribution in [2.75, 3.05) is 6.61 Å². The fourth-order valence-electron chi connectivity index (χ4n) is 3.44. The highest BCUT2D eigenvalue weighted by atomic mass is 19.1. The predicted molar refractivity (Wildman–Crippen MR) is 105 cm³/mol. The predicted octanol–water partition coefficient (Wildman–Crippen LogP) is 4.28. The van der Waals surface area contributed by atoms with Crippen LogP contribution in [0.1, 0.15) is 48.8 Å². The first-order valence-electron chi connectivity index (χ1n) is 9.54. The van der Waals surface area contributed by atoms with E-state index in [-0.39, 0.29) is 23.6 Å². The van der Waals surface area contributed by atoms with E-state index >= 15 is 0 Å². The molecule has 0 bridgehead atoms. The highest BCUT2D eigenvalue weighted by Gasteiger charge is 2.28. The van der Waals surface area contributed by atoms with Gasteiger partial charge in [0.15, 0.2) is 0 Å².